The number of nitrogens with zero attached hydrogens (tertiary/aromatic N) is 2. The molecule has 2 heterocycles. The van der Waals surface area contributed by atoms with Crippen molar-refractivity contribution in [3.63, 3.8) is 0 Å². The van der Waals surface area contributed by atoms with Crippen molar-refractivity contribution in [2.75, 3.05) is 0 Å². The molecule has 0 saturated heterocycles. The molecule has 3 rings (SSSR count). The molecule has 3 nitrogen and oxygen atoms in total. The van der Waals surface area contributed by atoms with Gasteiger partial charge in [-0.3, -0.25) is 0 Å². The van der Waals surface area contributed by atoms with Crippen molar-refractivity contribution < 1.29 is 0 Å². The van der Waals surface area contributed by atoms with Gasteiger partial charge in [0.15, 0.2) is 0 Å². The number of rotatable bonds is 2. The Kier molecular flexibility index (Phi) is 2.69. The van der Waals surface area contributed by atoms with Crippen LogP contribution < -0.4 is 5.73 Å². The molecule has 0 fully saturated rings. The molecular weight excluding hydrogens is 242 g/mol. The Labute approximate surface area is 110 Å². The van der Waals surface area contributed by atoms with Crippen molar-refractivity contribution in [3.8, 4) is 11.3 Å². The lowest BCUT2D eigenvalue weighted by molar-refractivity contribution is 0.808. The molecule has 0 amide bonds. The number of thiazole rings is 1. The molecule has 18 heavy (non-hydrogen) atoms. The van der Waals surface area contributed by atoms with E-state index in [9.17, 15) is 0 Å². The second-order valence-electron chi connectivity index (χ2n) is 4.53. The number of benzene rings is 1. The van der Waals surface area contributed by atoms with E-state index in [1.807, 2.05) is 6.92 Å². The SMILES string of the molecule is CC(N)c1nc(-c2cn(C)c3ccccc23)cs1. The summed E-state index contributed by atoms with van der Waals surface area (Å²) >= 11 is 1.62. The first kappa shape index (κ1) is 11.4. The zero-order chi connectivity index (χ0) is 12.7. The lowest BCUT2D eigenvalue weighted by Crippen LogP contribution is -2.03. The minimum absolute atomic E-state index is 0.00118. The highest BCUT2D eigenvalue weighted by Gasteiger charge is 2.12. The first-order valence-corrected chi connectivity index (χ1v) is 6.80. The molecule has 3 aromatic rings. The van der Waals surface area contributed by atoms with Gasteiger partial charge in [-0.1, -0.05) is 18.2 Å². The second kappa shape index (κ2) is 4.23. The average molecular weight is 257 g/mol. The molecular formula is C14H15N3S. The molecule has 0 aliphatic heterocycles. The van der Waals surface area contributed by atoms with Crippen LogP contribution in [-0.4, -0.2) is 9.55 Å². The van der Waals surface area contributed by atoms with Gasteiger partial charge in [-0.15, -0.1) is 11.3 Å². The summed E-state index contributed by atoms with van der Waals surface area (Å²) in [6.45, 7) is 1.96. The third-order valence-electron chi connectivity index (χ3n) is 3.08. The van der Waals surface area contributed by atoms with Gasteiger partial charge in [0.1, 0.15) is 5.01 Å². The van der Waals surface area contributed by atoms with Crippen molar-refractivity contribution in [2.24, 2.45) is 12.8 Å². The Bertz CT molecular complexity index is 694. The van der Waals surface area contributed by atoms with Gasteiger partial charge in [-0.25, -0.2) is 4.98 Å². The molecule has 92 valence electrons. The summed E-state index contributed by atoms with van der Waals surface area (Å²) in [7, 11) is 2.06. The summed E-state index contributed by atoms with van der Waals surface area (Å²) < 4.78 is 2.13. The number of hydrogen-bond donors (Lipinski definition) is 1. The van der Waals surface area contributed by atoms with E-state index in [4.69, 9.17) is 5.73 Å². The lowest BCUT2D eigenvalue weighted by Gasteiger charge is -1.97. The first-order chi connectivity index (χ1) is 8.66. The Morgan fingerprint density at radius 1 is 1.33 bits per heavy atom. The standard InChI is InChI=1S/C14H15N3S/c1-9(15)14-16-12(8-18-14)11-7-17(2)13-6-4-3-5-10(11)13/h3-9H,15H2,1-2H3. The highest BCUT2D eigenvalue weighted by molar-refractivity contribution is 7.10. The maximum absolute atomic E-state index is 5.87. The van der Waals surface area contributed by atoms with E-state index in [0.29, 0.717) is 0 Å². The van der Waals surface area contributed by atoms with Gasteiger partial charge < -0.3 is 10.3 Å². The van der Waals surface area contributed by atoms with Crippen molar-refractivity contribution in [1.82, 2.24) is 9.55 Å². The number of nitrogens with two attached hydrogens (primary N) is 1. The van der Waals surface area contributed by atoms with Crippen LogP contribution >= 0.6 is 11.3 Å². The summed E-state index contributed by atoms with van der Waals surface area (Å²) in [5.41, 5.74) is 9.29. The molecule has 0 saturated carbocycles. The predicted octanol–water partition coefficient (Wildman–Crippen LogP) is 3.32. The third kappa shape index (κ3) is 1.74. The summed E-state index contributed by atoms with van der Waals surface area (Å²) in [5, 5.41) is 4.31. The van der Waals surface area contributed by atoms with E-state index in [-0.39, 0.29) is 6.04 Å². The zero-order valence-electron chi connectivity index (χ0n) is 10.4. The molecule has 4 heteroatoms. The highest BCUT2D eigenvalue weighted by atomic mass is 32.1. The Morgan fingerprint density at radius 2 is 2.11 bits per heavy atom. The van der Waals surface area contributed by atoms with Crippen LogP contribution in [0.2, 0.25) is 0 Å². The van der Waals surface area contributed by atoms with Crippen LogP contribution in [0.3, 0.4) is 0 Å². The fraction of sp³-hybridized carbons (Fsp3) is 0.214. The average Bonchev–Trinajstić information content (AvgIpc) is 2.95. The van der Waals surface area contributed by atoms with Gasteiger partial charge in [0.25, 0.3) is 0 Å². The van der Waals surface area contributed by atoms with E-state index in [1.54, 1.807) is 11.3 Å². The van der Waals surface area contributed by atoms with Crippen molar-refractivity contribution in [1.29, 1.82) is 0 Å². The van der Waals surface area contributed by atoms with Gasteiger partial charge in [0.2, 0.25) is 0 Å². The summed E-state index contributed by atoms with van der Waals surface area (Å²) in [4.78, 5) is 4.62. The number of aromatic nitrogens is 2. The van der Waals surface area contributed by atoms with Crippen LogP contribution in [0.4, 0.5) is 0 Å². The lowest BCUT2D eigenvalue weighted by atomic mass is 10.1. The van der Waals surface area contributed by atoms with Crippen LogP contribution in [0.25, 0.3) is 22.2 Å². The molecule has 1 unspecified atom stereocenters. The fourth-order valence-electron chi connectivity index (χ4n) is 2.17. The van der Waals surface area contributed by atoms with E-state index in [1.165, 1.54) is 16.5 Å². The largest absolute Gasteiger partial charge is 0.350 e. The van der Waals surface area contributed by atoms with Gasteiger partial charge in [0, 0.05) is 35.1 Å². The van der Waals surface area contributed by atoms with Crippen LogP contribution in [0.15, 0.2) is 35.8 Å². The van der Waals surface area contributed by atoms with Crippen molar-refractivity contribution in [2.45, 2.75) is 13.0 Å². The van der Waals surface area contributed by atoms with Crippen LogP contribution in [0.5, 0.6) is 0 Å². The maximum Gasteiger partial charge on any atom is 0.110 e. The molecule has 0 radical (unpaired) electrons. The Hall–Kier alpha value is -1.65. The third-order valence-corrected chi connectivity index (χ3v) is 4.13. The maximum atomic E-state index is 5.87. The van der Waals surface area contributed by atoms with Crippen molar-refractivity contribution in [3.05, 3.63) is 40.8 Å². The molecule has 0 bridgehead atoms. The van der Waals surface area contributed by atoms with Crippen LogP contribution in [0, 0.1) is 0 Å². The normalized spacial score (nSPS) is 13.1. The topological polar surface area (TPSA) is 43.8 Å². The number of para-hydroxylation sites is 1. The minimum atomic E-state index is -0.00118. The van der Waals surface area contributed by atoms with Gasteiger partial charge >= 0.3 is 0 Å². The van der Waals surface area contributed by atoms with Crippen molar-refractivity contribution >= 4 is 22.2 Å². The first-order valence-electron chi connectivity index (χ1n) is 5.92. The Balaban J connectivity index is 2.19. The number of aryl methyl sites for hydroxylation is 1. The van der Waals surface area contributed by atoms with E-state index >= 15 is 0 Å². The fourth-order valence-corrected chi connectivity index (χ4v) is 2.94. The second-order valence-corrected chi connectivity index (χ2v) is 5.42. The quantitative estimate of drug-likeness (QED) is 0.765. The summed E-state index contributed by atoms with van der Waals surface area (Å²) in [5.74, 6) is 0. The summed E-state index contributed by atoms with van der Waals surface area (Å²) in [6.07, 6.45) is 2.13. The van der Waals surface area contributed by atoms with Crippen LogP contribution in [-0.2, 0) is 7.05 Å². The molecule has 0 spiro atoms. The minimum Gasteiger partial charge on any atom is -0.350 e. The zero-order valence-corrected chi connectivity index (χ0v) is 11.2. The Morgan fingerprint density at radius 3 is 2.83 bits per heavy atom. The molecule has 2 aromatic heterocycles. The molecule has 1 atom stereocenters. The van der Waals surface area contributed by atoms with E-state index in [0.717, 1.165) is 10.7 Å². The van der Waals surface area contributed by atoms with Crippen LogP contribution in [0.1, 0.15) is 18.0 Å². The van der Waals surface area contributed by atoms with E-state index < -0.39 is 0 Å². The summed E-state index contributed by atoms with van der Waals surface area (Å²) in [6, 6.07) is 8.37. The van der Waals surface area contributed by atoms with Gasteiger partial charge in [-0.05, 0) is 13.0 Å². The molecule has 1 aromatic carbocycles. The highest BCUT2D eigenvalue weighted by Crippen LogP contribution is 2.31. The van der Waals surface area contributed by atoms with E-state index in [2.05, 4.69) is 52.4 Å². The smallest absolute Gasteiger partial charge is 0.110 e. The number of fused-ring (bicyclic) bond motifs is 1. The van der Waals surface area contributed by atoms with Gasteiger partial charge in [0.05, 0.1) is 11.7 Å². The predicted molar refractivity (Wildman–Crippen MR) is 76.6 cm³/mol. The molecule has 0 aliphatic carbocycles. The number of hydrogen-bond acceptors (Lipinski definition) is 3. The molecule has 2 N–H and O–H groups in total. The monoisotopic (exact) mass is 257 g/mol. The molecule has 0 aliphatic rings. The van der Waals surface area contributed by atoms with Gasteiger partial charge in [-0.2, -0.15) is 0 Å².